The van der Waals surface area contributed by atoms with E-state index in [2.05, 4.69) is 126 Å². The molecule has 4 atom stereocenters. The van der Waals surface area contributed by atoms with Crippen LogP contribution in [0.3, 0.4) is 0 Å². The number of nitrogens with zero attached hydrogens (tertiary/aromatic N) is 1. The highest BCUT2D eigenvalue weighted by Gasteiger charge is 2.22. The van der Waals surface area contributed by atoms with Crippen LogP contribution in [0.15, 0.2) is 0 Å². The van der Waals surface area contributed by atoms with Gasteiger partial charge in [-0.05, 0) is 169 Å². The standard InChI is InChI=1S/2C8H16.3C7H15N.2C7H14O.C7H14.8C2H6/c2*1-7(2)8-5-3-4-6-8;1-6(2)7-3-4-8-5-7;1-7(2)8-5-3-4-6-8;1-6(2)7-4-3-5-8-7;1-6(2)7-3-4-8-5-7;1-6(2)7-4-3-5-8-7;1-6(2)7-4-3-5-7;8*1-2/h2*7-8H,3-6H2,1-2H3;6-8H,3-5H2,1-2H3;7H,3-6H2,1-2H3;6-8H,3-5H2,1-2H3;2*6-7H,3-5H2,1-2H3;6-7H,3-5H2,1-2H3;8*1-2H3. The van der Waals surface area contributed by atoms with E-state index in [0.717, 1.165) is 103 Å². The molecule has 8 aliphatic rings. The maximum absolute atomic E-state index is 5.41. The summed E-state index contributed by atoms with van der Waals surface area (Å²) in [4.78, 5) is 2.53. The molecule has 5 nitrogen and oxygen atoms in total. The Hall–Kier alpha value is -0.200. The Morgan fingerprint density at radius 1 is 0.329 bits per heavy atom. The van der Waals surface area contributed by atoms with Crippen molar-refractivity contribution in [2.75, 3.05) is 52.5 Å². The third-order valence-corrected chi connectivity index (χ3v) is 16.2. The van der Waals surface area contributed by atoms with Gasteiger partial charge in [-0.15, -0.1) is 0 Å². The zero-order valence-corrected chi connectivity index (χ0v) is 62.0. The summed E-state index contributed by atoms with van der Waals surface area (Å²) in [6.07, 6.45) is 27.8. The fourth-order valence-electron chi connectivity index (χ4n) is 10.3. The van der Waals surface area contributed by atoms with Gasteiger partial charge < -0.3 is 25.0 Å². The first kappa shape index (κ1) is 95.2. The third kappa shape index (κ3) is 59.3. The first-order valence-corrected chi connectivity index (χ1v) is 36.3. The molecule has 5 saturated heterocycles. The first-order chi connectivity index (χ1) is 37.9. The quantitative estimate of drug-likeness (QED) is 0.254. The summed E-state index contributed by atoms with van der Waals surface area (Å²) < 4.78 is 10.6. The smallest absolute Gasteiger partial charge is 0.0598 e. The zero-order chi connectivity index (χ0) is 63.2. The van der Waals surface area contributed by atoms with Crippen LogP contribution in [0.4, 0.5) is 0 Å². The summed E-state index contributed by atoms with van der Waals surface area (Å²) in [5.41, 5.74) is 0. The van der Waals surface area contributed by atoms with Gasteiger partial charge >= 0.3 is 0 Å². The molecule has 0 spiro atoms. The Morgan fingerprint density at radius 3 is 0.873 bits per heavy atom. The van der Waals surface area contributed by atoms with Crippen molar-refractivity contribution in [1.82, 2.24) is 15.5 Å². The highest BCUT2D eigenvalue weighted by Crippen LogP contribution is 2.33. The summed E-state index contributed by atoms with van der Waals surface area (Å²) in [7, 11) is 0. The summed E-state index contributed by atoms with van der Waals surface area (Å²) >= 11 is 0. The second-order valence-corrected chi connectivity index (χ2v) is 24.0. The molecule has 5 heteroatoms. The van der Waals surface area contributed by atoms with Crippen molar-refractivity contribution in [2.45, 2.75) is 362 Å². The zero-order valence-electron chi connectivity index (χ0n) is 62.0. The topological polar surface area (TPSA) is 45.8 Å². The van der Waals surface area contributed by atoms with Crippen LogP contribution in [0, 0.1) is 71.0 Å². The number of ether oxygens (including phenoxy) is 2. The molecule has 3 aliphatic carbocycles. The predicted molar refractivity (Wildman–Crippen MR) is 372 cm³/mol. The molecule has 2 N–H and O–H groups in total. The maximum atomic E-state index is 5.41. The molecular formula is C74H167N3O2. The molecule has 0 aromatic heterocycles. The minimum atomic E-state index is 0.565. The molecule has 4 unspecified atom stereocenters. The van der Waals surface area contributed by atoms with Crippen molar-refractivity contribution < 1.29 is 9.47 Å². The lowest BCUT2D eigenvalue weighted by atomic mass is 9.78. The molecule has 79 heavy (non-hydrogen) atoms. The summed E-state index contributed by atoms with van der Waals surface area (Å²) in [5.74, 6) is 11.1. The lowest BCUT2D eigenvalue weighted by Crippen LogP contribution is -2.26. The molecule has 0 aromatic carbocycles. The van der Waals surface area contributed by atoms with Crippen LogP contribution in [0.25, 0.3) is 0 Å². The van der Waals surface area contributed by atoms with E-state index in [9.17, 15) is 0 Å². The van der Waals surface area contributed by atoms with E-state index >= 15 is 0 Å². The first-order valence-electron chi connectivity index (χ1n) is 36.3. The molecule has 8 fully saturated rings. The van der Waals surface area contributed by atoms with E-state index in [4.69, 9.17) is 9.47 Å². The predicted octanol–water partition coefficient (Wildman–Crippen LogP) is 24.0. The van der Waals surface area contributed by atoms with Gasteiger partial charge in [0.05, 0.1) is 6.10 Å². The molecule has 0 bridgehead atoms. The van der Waals surface area contributed by atoms with Gasteiger partial charge in [-0.3, -0.25) is 0 Å². The van der Waals surface area contributed by atoms with Crippen LogP contribution >= 0.6 is 0 Å². The van der Waals surface area contributed by atoms with Crippen LogP contribution in [-0.2, 0) is 9.47 Å². The Bertz CT molecular complexity index is 769. The molecule has 3 saturated carbocycles. The fraction of sp³-hybridized carbons (Fsp3) is 1.00. The van der Waals surface area contributed by atoms with Gasteiger partial charge in [-0.1, -0.05) is 278 Å². The van der Waals surface area contributed by atoms with E-state index in [1.54, 1.807) is 0 Å². The molecule has 0 amide bonds. The summed E-state index contributed by atoms with van der Waals surface area (Å²) in [5, 5.41) is 6.81. The Kier molecular flexibility index (Phi) is 89.0. The monoisotopic (exact) mass is 1130 g/mol. The van der Waals surface area contributed by atoms with Gasteiger partial charge in [-0.25, -0.2) is 0 Å². The highest BCUT2D eigenvalue weighted by atomic mass is 16.5. The van der Waals surface area contributed by atoms with E-state index in [0.29, 0.717) is 6.10 Å². The average Bonchev–Trinajstić information content (AvgIpc) is 4.31. The minimum Gasteiger partial charge on any atom is -0.381 e. The highest BCUT2D eigenvalue weighted by molar-refractivity contribution is 4.77. The normalized spacial score (nSPS) is 21.6. The van der Waals surface area contributed by atoms with Crippen molar-refractivity contribution >= 4 is 0 Å². The summed E-state index contributed by atoms with van der Waals surface area (Å²) in [6, 6.07) is 1.59. The van der Waals surface area contributed by atoms with E-state index in [1.807, 2.05) is 111 Å². The lowest BCUT2D eigenvalue weighted by Gasteiger charge is -2.28. The summed E-state index contributed by atoms with van der Waals surface area (Å²) in [6.45, 7) is 78.1. The van der Waals surface area contributed by atoms with Gasteiger partial charge in [0.2, 0.25) is 0 Å². The molecule has 5 aliphatic heterocycles. The van der Waals surface area contributed by atoms with Crippen LogP contribution in [0.2, 0.25) is 0 Å². The van der Waals surface area contributed by atoms with Gasteiger partial charge in [-0.2, -0.15) is 0 Å². The van der Waals surface area contributed by atoms with E-state index in [1.165, 1.54) is 155 Å². The molecule has 8 rings (SSSR count). The number of hydrogen-bond acceptors (Lipinski definition) is 5. The van der Waals surface area contributed by atoms with Crippen molar-refractivity contribution in [1.29, 1.82) is 0 Å². The largest absolute Gasteiger partial charge is 0.381 e. The SMILES string of the molecule is CC.CC.CC.CC.CC.CC.CC.CC.CC(C)C1CCC1.CC(C)C1CCCC1.CC(C)C1CCCC1.CC(C)C1CCCN1.CC(C)C1CCCO1.CC(C)C1CCNC1.CC(C)C1CCOC1.CC(C)N1CCCC1. The van der Waals surface area contributed by atoms with Crippen LogP contribution in [0.5, 0.6) is 0 Å². The van der Waals surface area contributed by atoms with Crippen LogP contribution in [0.1, 0.15) is 344 Å². The molecule has 0 aromatic rings. The Labute approximate surface area is 508 Å². The van der Waals surface area contributed by atoms with Crippen LogP contribution < -0.4 is 10.6 Å². The third-order valence-electron chi connectivity index (χ3n) is 16.2. The second-order valence-electron chi connectivity index (χ2n) is 24.0. The molecule has 5 heterocycles. The van der Waals surface area contributed by atoms with Crippen LogP contribution in [-0.4, -0.2) is 75.6 Å². The number of likely N-dealkylation sites (tertiary alicyclic amines) is 1. The van der Waals surface area contributed by atoms with Gasteiger partial charge in [0, 0.05) is 31.9 Å². The van der Waals surface area contributed by atoms with Crippen molar-refractivity contribution in [2.24, 2.45) is 71.0 Å². The van der Waals surface area contributed by atoms with Gasteiger partial charge in [0.1, 0.15) is 0 Å². The lowest BCUT2D eigenvalue weighted by molar-refractivity contribution is 0.0758. The Morgan fingerprint density at radius 2 is 0.722 bits per heavy atom. The van der Waals surface area contributed by atoms with Gasteiger partial charge in [0.25, 0.3) is 0 Å². The number of hydrogen-bond donors (Lipinski definition) is 2. The molecular weight excluding hydrogens is 963 g/mol. The van der Waals surface area contributed by atoms with Gasteiger partial charge in [0.15, 0.2) is 0 Å². The minimum absolute atomic E-state index is 0.565. The second kappa shape index (κ2) is 73.9. The van der Waals surface area contributed by atoms with E-state index in [-0.39, 0.29) is 0 Å². The fourth-order valence-corrected chi connectivity index (χ4v) is 10.3. The number of nitrogens with one attached hydrogen (secondary N) is 2. The van der Waals surface area contributed by atoms with Crippen molar-refractivity contribution in [3.05, 3.63) is 0 Å². The van der Waals surface area contributed by atoms with Crippen molar-refractivity contribution in [3.63, 3.8) is 0 Å². The molecule has 0 radical (unpaired) electrons. The van der Waals surface area contributed by atoms with E-state index < -0.39 is 0 Å². The molecule has 490 valence electrons. The number of rotatable bonds is 8. The maximum Gasteiger partial charge on any atom is 0.0598 e. The Balaban J connectivity index is -0.000000117. The average molecular weight is 1130 g/mol. The van der Waals surface area contributed by atoms with Crippen molar-refractivity contribution in [3.8, 4) is 0 Å².